The van der Waals surface area contributed by atoms with Gasteiger partial charge >= 0.3 is 0 Å². The Kier molecular flexibility index (Phi) is 6.51. The quantitative estimate of drug-likeness (QED) is 0.236. The molecule has 9 nitrogen and oxygen atoms in total. The van der Waals surface area contributed by atoms with Crippen LogP contribution in [0.4, 0.5) is 5.88 Å². The van der Waals surface area contributed by atoms with Crippen molar-refractivity contribution in [3.8, 4) is 23.0 Å². The number of nitrogens with zero attached hydrogens (tertiary/aromatic N) is 3. The molecule has 2 aromatic heterocycles. The van der Waals surface area contributed by atoms with E-state index in [1.807, 2.05) is 48.5 Å². The number of benzene rings is 3. The second-order valence-electron chi connectivity index (χ2n) is 10.3. The predicted molar refractivity (Wildman–Crippen MR) is 153 cm³/mol. The van der Waals surface area contributed by atoms with E-state index in [9.17, 15) is 4.79 Å². The molecule has 3 aromatic carbocycles. The third kappa shape index (κ3) is 4.91. The summed E-state index contributed by atoms with van der Waals surface area (Å²) in [4.78, 5) is 19.7. The fraction of sp³-hybridized carbons (Fsp3) is 0.258. The van der Waals surface area contributed by atoms with E-state index in [1.54, 1.807) is 32.4 Å². The Bertz CT molecular complexity index is 1720. The summed E-state index contributed by atoms with van der Waals surface area (Å²) in [6.07, 6.45) is 3.95. The number of pyridine rings is 1. The molecule has 0 saturated heterocycles. The van der Waals surface area contributed by atoms with E-state index in [0.29, 0.717) is 46.7 Å². The summed E-state index contributed by atoms with van der Waals surface area (Å²) in [5.74, 6) is 2.57. The molecular formula is C31H30N4O5. The van der Waals surface area contributed by atoms with Crippen LogP contribution in [-0.4, -0.2) is 54.3 Å². The van der Waals surface area contributed by atoms with Crippen molar-refractivity contribution in [3.63, 3.8) is 0 Å². The van der Waals surface area contributed by atoms with Crippen molar-refractivity contribution in [1.82, 2.24) is 15.0 Å². The van der Waals surface area contributed by atoms with Gasteiger partial charge in [-0.05, 0) is 81.0 Å². The molecular weight excluding hydrogens is 508 g/mol. The lowest BCUT2D eigenvalue weighted by atomic mass is 10.0. The van der Waals surface area contributed by atoms with Gasteiger partial charge in [0.1, 0.15) is 18.1 Å². The first-order valence-corrected chi connectivity index (χ1v) is 13.1. The van der Waals surface area contributed by atoms with Gasteiger partial charge in [-0.1, -0.05) is 17.3 Å². The topological polar surface area (TPSA) is 99.0 Å². The van der Waals surface area contributed by atoms with E-state index in [2.05, 4.69) is 34.5 Å². The Morgan fingerprint density at radius 3 is 2.60 bits per heavy atom. The van der Waals surface area contributed by atoms with Crippen LogP contribution in [0.15, 0.2) is 71.4 Å². The normalized spacial score (nSPS) is 13.9. The zero-order valence-electron chi connectivity index (χ0n) is 22.9. The molecule has 9 heteroatoms. The Labute approximate surface area is 231 Å². The lowest BCUT2D eigenvalue weighted by Gasteiger charge is -2.24. The van der Waals surface area contributed by atoms with Gasteiger partial charge < -0.3 is 23.6 Å². The highest BCUT2D eigenvalue weighted by Crippen LogP contribution is 2.42. The molecule has 5 aromatic rings. The number of rotatable bonds is 9. The summed E-state index contributed by atoms with van der Waals surface area (Å²) >= 11 is 0. The minimum atomic E-state index is -0.279. The zero-order chi connectivity index (χ0) is 27.9. The predicted octanol–water partition coefficient (Wildman–Crippen LogP) is 6.21. The van der Waals surface area contributed by atoms with Crippen LogP contribution in [0.2, 0.25) is 0 Å². The Hall–Kier alpha value is -4.63. The number of aryl methyl sites for hydroxylation is 1. The van der Waals surface area contributed by atoms with Crippen molar-refractivity contribution in [1.29, 1.82) is 0 Å². The van der Waals surface area contributed by atoms with E-state index >= 15 is 0 Å². The molecule has 2 heterocycles. The third-order valence-corrected chi connectivity index (χ3v) is 7.45. The van der Waals surface area contributed by atoms with Gasteiger partial charge in [0.05, 0.1) is 23.9 Å². The van der Waals surface area contributed by atoms with Gasteiger partial charge in [0, 0.05) is 29.3 Å². The van der Waals surface area contributed by atoms with Crippen molar-refractivity contribution in [2.75, 3.05) is 33.1 Å². The third-order valence-electron chi connectivity index (χ3n) is 7.45. The highest BCUT2D eigenvalue weighted by atomic mass is 16.5. The standard InChI is InChI=1S/C31H30N4O5/c1-19-14-29(40-34-19)33-30(36)23-7-5-6-20-15-21(8-9-22(20)23)39-26-10-13-32-25-17-28(27(37-4)16-24(25)26)38-18-31(11-12-31)35(2)3/h5-10,13-17H,11-12,18H2,1-4H3,(H,33,36). The first-order valence-electron chi connectivity index (χ1n) is 13.1. The van der Waals surface area contributed by atoms with Crippen molar-refractivity contribution in [2.24, 2.45) is 0 Å². The first kappa shape index (κ1) is 25.6. The molecule has 0 aliphatic heterocycles. The van der Waals surface area contributed by atoms with Gasteiger partial charge in [0.25, 0.3) is 5.91 Å². The van der Waals surface area contributed by atoms with Crippen LogP contribution in [0.3, 0.4) is 0 Å². The van der Waals surface area contributed by atoms with Crippen molar-refractivity contribution < 1.29 is 23.5 Å². The van der Waals surface area contributed by atoms with E-state index < -0.39 is 0 Å². The Morgan fingerprint density at radius 1 is 1.02 bits per heavy atom. The summed E-state index contributed by atoms with van der Waals surface area (Å²) < 4.78 is 23.3. The number of hydrogen-bond acceptors (Lipinski definition) is 8. The van der Waals surface area contributed by atoms with Gasteiger partial charge in [-0.15, -0.1) is 0 Å². The molecule has 1 N–H and O–H groups in total. The highest BCUT2D eigenvalue weighted by Gasteiger charge is 2.45. The first-order chi connectivity index (χ1) is 19.3. The number of anilines is 1. The van der Waals surface area contributed by atoms with E-state index in [0.717, 1.165) is 34.5 Å². The molecule has 0 bridgehead atoms. The number of hydrogen-bond donors (Lipinski definition) is 1. The maximum atomic E-state index is 12.9. The fourth-order valence-electron chi connectivity index (χ4n) is 4.82. The molecule has 0 spiro atoms. The van der Waals surface area contributed by atoms with Crippen LogP contribution < -0.4 is 19.5 Å². The van der Waals surface area contributed by atoms with E-state index in [4.69, 9.17) is 18.7 Å². The minimum absolute atomic E-state index is 0.0873. The molecule has 0 unspecified atom stereocenters. The number of methoxy groups -OCH3 is 1. The van der Waals surface area contributed by atoms with Gasteiger partial charge in [0.15, 0.2) is 11.5 Å². The molecule has 0 radical (unpaired) electrons. The highest BCUT2D eigenvalue weighted by molar-refractivity contribution is 6.12. The Balaban J connectivity index is 1.26. The van der Waals surface area contributed by atoms with Crippen LogP contribution in [0, 0.1) is 6.92 Å². The SMILES string of the molecule is COc1cc2c(Oc3ccc4c(C(=O)Nc5cc(C)no5)cccc4c3)ccnc2cc1OCC1(N(C)C)CC1. The summed E-state index contributed by atoms with van der Waals surface area (Å²) in [7, 11) is 5.80. The number of likely N-dealkylation sites (N-methyl/N-ethyl adjacent to an activating group) is 1. The van der Waals surface area contributed by atoms with Crippen LogP contribution in [-0.2, 0) is 0 Å². The minimum Gasteiger partial charge on any atom is -0.493 e. The number of fused-ring (bicyclic) bond motifs is 2. The molecule has 1 aliphatic carbocycles. The molecule has 40 heavy (non-hydrogen) atoms. The number of nitrogens with one attached hydrogen (secondary N) is 1. The maximum Gasteiger partial charge on any atom is 0.258 e. The van der Waals surface area contributed by atoms with Crippen LogP contribution >= 0.6 is 0 Å². The number of carbonyl (C=O) groups is 1. The number of carbonyl (C=O) groups excluding carboxylic acids is 1. The zero-order valence-corrected chi connectivity index (χ0v) is 22.9. The summed E-state index contributed by atoms with van der Waals surface area (Å²) in [5, 5.41) is 9.02. The number of aromatic nitrogens is 2. The van der Waals surface area contributed by atoms with E-state index in [1.165, 1.54) is 0 Å². The van der Waals surface area contributed by atoms with E-state index in [-0.39, 0.29) is 11.4 Å². The summed E-state index contributed by atoms with van der Waals surface area (Å²) in [5.41, 5.74) is 2.04. The fourth-order valence-corrected chi connectivity index (χ4v) is 4.82. The van der Waals surface area contributed by atoms with Crippen molar-refractivity contribution in [2.45, 2.75) is 25.3 Å². The summed E-state index contributed by atoms with van der Waals surface area (Å²) in [6, 6.07) is 18.5. The second kappa shape index (κ2) is 10.2. The van der Waals surface area contributed by atoms with Gasteiger partial charge in [-0.25, -0.2) is 0 Å². The largest absolute Gasteiger partial charge is 0.493 e. The number of ether oxygens (including phenoxy) is 3. The van der Waals surface area contributed by atoms with Crippen LogP contribution in [0.5, 0.6) is 23.0 Å². The van der Waals surface area contributed by atoms with Gasteiger partial charge in [-0.2, -0.15) is 0 Å². The molecule has 0 atom stereocenters. The second-order valence-corrected chi connectivity index (χ2v) is 10.3. The molecule has 204 valence electrons. The smallest absolute Gasteiger partial charge is 0.258 e. The monoisotopic (exact) mass is 538 g/mol. The molecule has 1 aliphatic rings. The molecule has 1 fully saturated rings. The van der Waals surface area contributed by atoms with Crippen LogP contribution in [0.25, 0.3) is 21.7 Å². The molecule has 1 amide bonds. The maximum absolute atomic E-state index is 12.9. The Morgan fingerprint density at radius 2 is 1.88 bits per heavy atom. The lowest BCUT2D eigenvalue weighted by Crippen LogP contribution is -2.35. The number of amides is 1. The van der Waals surface area contributed by atoms with Gasteiger partial charge in [-0.3, -0.25) is 15.1 Å². The average Bonchev–Trinajstić information content (AvgIpc) is 3.65. The molecule has 1 saturated carbocycles. The van der Waals surface area contributed by atoms with Crippen molar-refractivity contribution in [3.05, 3.63) is 78.1 Å². The summed E-state index contributed by atoms with van der Waals surface area (Å²) in [6.45, 7) is 2.38. The van der Waals surface area contributed by atoms with Crippen molar-refractivity contribution >= 4 is 33.5 Å². The molecule has 6 rings (SSSR count). The lowest BCUT2D eigenvalue weighted by molar-refractivity contribution is 0.102. The average molecular weight is 539 g/mol. The van der Waals surface area contributed by atoms with Crippen LogP contribution in [0.1, 0.15) is 28.9 Å². The van der Waals surface area contributed by atoms with Gasteiger partial charge in [0.2, 0.25) is 5.88 Å².